The van der Waals surface area contributed by atoms with Gasteiger partial charge in [-0.15, -0.1) is 0 Å². The van der Waals surface area contributed by atoms with E-state index in [4.69, 9.17) is 0 Å². The van der Waals surface area contributed by atoms with Crippen molar-refractivity contribution >= 4 is 12.9 Å². The highest BCUT2D eigenvalue weighted by Gasteiger charge is 1.93. The second-order valence-electron chi connectivity index (χ2n) is 1.82. The Morgan fingerprint density at radius 3 is 2.50 bits per heavy atom. The summed E-state index contributed by atoms with van der Waals surface area (Å²) in [6.07, 6.45) is 4.38. The Kier molecular flexibility index (Phi) is 2.50. The second-order valence-corrected chi connectivity index (χ2v) is 2.00. The molecule has 1 aromatic heterocycles. The second kappa shape index (κ2) is 3.41. The van der Waals surface area contributed by atoms with Crippen molar-refractivity contribution in [2.45, 2.75) is 13.3 Å². The lowest BCUT2D eigenvalue weighted by molar-refractivity contribution is 0.593. The summed E-state index contributed by atoms with van der Waals surface area (Å²) >= 11 is 3.55. The van der Waals surface area contributed by atoms with Crippen LogP contribution in [0.15, 0.2) is 12.4 Å². The lowest BCUT2D eigenvalue weighted by Gasteiger charge is -1.95. The zero-order valence-corrected chi connectivity index (χ0v) is 6.51. The fourth-order valence-electron chi connectivity index (χ4n) is 0.573. The maximum atomic E-state index is 4.49. The largest absolute Gasteiger partial charge is 0.392 e. The summed E-state index contributed by atoms with van der Waals surface area (Å²) in [5.41, 5.74) is 1.09. The summed E-state index contributed by atoms with van der Waals surface area (Å²) in [5, 5.41) is 0. The standard InChI is InChI=1S/C6H8N2OS/c1-2-5-3-7-6(9-10)8-4-5/h3-4,10H,2H2,1H3. The topological polar surface area (TPSA) is 35.0 Å². The van der Waals surface area contributed by atoms with Crippen LogP contribution in [-0.4, -0.2) is 9.97 Å². The van der Waals surface area contributed by atoms with Crippen molar-refractivity contribution in [3.8, 4) is 6.01 Å². The average Bonchev–Trinajstić information content (AvgIpc) is 2.05. The predicted octanol–water partition coefficient (Wildman–Crippen LogP) is 1.26. The molecule has 0 atom stereocenters. The van der Waals surface area contributed by atoms with Gasteiger partial charge in [0.05, 0.1) is 0 Å². The summed E-state index contributed by atoms with van der Waals surface area (Å²) in [7, 11) is 0. The number of aromatic nitrogens is 2. The first-order valence-electron chi connectivity index (χ1n) is 2.99. The van der Waals surface area contributed by atoms with E-state index in [-0.39, 0.29) is 0 Å². The zero-order chi connectivity index (χ0) is 7.40. The van der Waals surface area contributed by atoms with Gasteiger partial charge in [-0.05, 0) is 12.0 Å². The van der Waals surface area contributed by atoms with Crippen LogP contribution in [0.5, 0.6) is 6.01 Å². The lowest BCUT2D eigenvalue weighted by Crippen LogP contribution is -1.88. The lowest BCUT2D eigenvalue weighted by atomic mass is 10.3. The Hall–Kier alpha value is -0.770. The highest BCUT2D eigenvalue weighted by atomic mass is 32.1. The smallest absolute Gasteiger partial charge is 0.328 e. The van der Waals surface area contributed by atoms with Gasteiger partial charge in [0.1, 0.15) is 0 Å². The molecule has 1 aromatic rings. The molecule has 0 aliphatic carbocycles. The molecular weight excluding hydrogens is 148 g/mol. The van der Waals surface area contributed by atoms with Crippen LogP contribution < -0.4 is 4.18 Å². The molecule has 0 aliphatic heterocycles. The zero-order valence-electron chi connectivity index (χ0n) is 5.61. The van der Waals surface area contributed by atoms with Crippen LogP contribution in [0.4, 0.5) is 0 Å². The molecule has 0 saturated carbocycles. The van der Waals surface area contributed by atoms with Crippen LogP contribution in [0.1, 0.15) is 12.5 Å². The van der Waals surface area contributed by atoms with Gasteiger partial charge in [0, 0.05) is 25.3 Å². The molecule has 1 heterocycles. The van der Waals surface area contributed by atoms with Crippen molar-refractivity contribution in [1.29, 1.82) is 0 Å². The van der Waals surface area contributed by atoms with E-state index < -0.39 is 0 Å². The Morgan fingerprint density at radius 2 is 2.10 bits per heavy atom. The Bertz CT molecular complexity index is 176. The van der Waals surface area contributed by atoms with Gasteiger partial charge in [-0.25, -0.2) is 9.97 Å². The van der Waals surface area contributed by atoms with Gasteiger partial charge in [-0.1, -0.05) is 6.92 Å². The van der Waals surface area contributed by atoms with Crippen LogP contribution >= 0.6 is 12.9 Å². The van der Waals surface area contributed by atoms with E-state index in [0.29, 0.717) is 6.01 Å². The number of hydrogen-bond acceptors (Lipinski definition) is 4. The van der Waals surface area contributed by atoms with Gasteiger partial charge in [-0.3, -0.25) is 0 Å². The molecule has 0 aliphatic rings. The van der Waals surface area contributed by atoms with Crippen molar-refractivity contribution in [1.82, 2.24) is 9.97 Å². The van der Waals surface area contributed by atoms with Crippen LogP contribution in [-0.2, 0) is 6.42 Å². The van der Waals surface area contributed by atoms with E-state index in [0.717, 1.165) is 12.0 Å². The van der Waals surface area contributed by atoms with E-state index in [1.54, 1.807) is 12.4 Å². The number of nitrogens with zero attached hydrogens (tertiary/aromatic N) is 2. The Morgan fingerprint density at radius 1 is 1.50 bits per heavy atom. The molecule has 0 saturated heterocycles. The minimum absolute atomic E-state index is 0.292. The monoisotopic (exact) mass is 156 g/mol. The average molecular weight is 156 g/mol. The molecule has 10 heavy (non-hydrogen) atoms. The first-order chi connectivity index (χ1) is 4.86. The maximum absolute atomic E-state index is 4.49. The normalized spacial score (nSPS) is 9.40. The molecule has 1 rings (SSSR count). The molecule has 54 valence electrons. The van der Waals surface area contributed by atoms with Crippen molar-refractivity contribution in [2.24, 2.45) is 0 Å². The van der Waals surface area contributed by atoms with Gasteiger partial charge in [0.25, 0.3) is 0 Å². The SMILES string of the molecule is CCc1cnc(OS)nc1. The van der Waals surface area contributed by atoms with Crippen LogP contribution in [0.3, 0.4) is 0 Å². The first-order valence-corrected chi connectivity index (χ1v) is 3.35. The number of hydrogen-bond donors (Lipinski definition) is 1. The Labute approximate surface area is 65.1 Å². The molecule has 0 N–H and O–H groups in total. The van der Waals surface area contributed by atoms with Gasteiger partial charge in [-0.2, -0.15) is 0 Å². The fraction of sp³-hybridized carbons (Fsp3) is 0.333. The molecule has 0 fully saturated rings. The molecular formula is C6H8N2OS. The van der Waals surface area contributed by atoms with Gasteiger partial charge >= 0.3 is 6.01 Å². The quantitative estimate of drug-likeness (QED) is 0.517. The number of rotatable bonds is 2. The first kappa shape index (κ1) is 7.34. The van der Waals surface area contributed by atoms with Crippen LogP contribution in [0.2, 0.25) is 0 Å². The minimum Gasteiger partial charge on any atom is -0.392 e. The third-order valence-electron chi connectivity index (χ3n) is 1.17. The Balaban J connectivity index is 2.80. The van der Waals surface area contributed by atoms with Crippen molar-refractivity contribution in [3.63, 3.8) is 0 Å². The molecule has 0 spiro atoms. The molecule has 0 unspecified atom stereocenters. The van der Waals surface area contributed by atoms with Gasteiger partial charge < -0.3 is 4.18 Å². The van der Waals surface area contributed by atoms with Crippen LogP contribution in [0.25, 0.3) is 0 Å². The third kappa shape index (κ3) is 1.60. The van der Waals surface area contributed by atoms with Crippen molar-refractivity contribution in [3.05, 3.63) is 18.0 Å². The molecule has 4 heteroatoms. The highest BCUT2D eigenvalue weighted by Crippen LogP contribution is 2.03. The summed E-state index contributed by atoms with van der Waals surface area (Å²) in [5.74, 6) is 0. The summed E-state index contributed by atoms with van der Waals surface area (Å²) in [6.45, 7) is 2.04. The summed E-state index contributed by atoms with van der Waals surface area (Å²) in [6, 6.07) is 0.292. The number of aryl methyl sites for hydroxylation is 1. The third-order valence-corrected chi connectivity index (χ3v) is 1.33. The summed E-state index contributed by atoms with van der Waals surface area (Å²) < 4.78 is 4.49. The molecule has 0 radical (unpaired) electrons. The van der Waals surface area contributed by atoms with Crippen LogP contribution in [0, 0.1) is 0 Å². The molecule has 0 bridgehead atoms. The molecule has 3 nitrogen and oxygen atoms in total. The number of thiol groups is 1. The van der Waals surface area contributed by atoms with E-state index in [9.17, 15) is 0 Å². The molecule has 0 amide bonds. The fourth-order valence-corrected chi connectivity index (χ4v) is 0.667. The van der Waals surface area contributed by atoms with E-state index in [2.05, 4.69) is 27.1 Å². The van der Waals surface area contributed by atoms with Gasteiger partial charge in [0.15, 0.2) is 0 Å². The van der Waals surface area contributed by atoms with E-state index >= 15 is 0 Å². The van der Waals surface area contributed by atoms with Gasteiger partial charge in [0.2, 0.25) is 0 Å². The van der Waals surface area contributed by atoms with E-state index in [1.807, 2.05) is 6.92 Å². The predicted molar refractivity (Wildman–Crippen MR) is 41.0 cm³/mol. The maximum Gasteiger partial charge on any atom is 0.328 e. The van der Waals surface area contributed by atoms with E-state index in [1.165, 1.54) is 0 Å². The van der Waals surface area contributed by atoms with Crippen molar-refractivity contribution < 1.29 is 4.18 Å². The highest BCUT2D eigenvalue weighted by molar-refractivity contribution is 7.75. The minimum atomic E-state index is 0.292. The summed E-state index contributed by atoms with van der Waals surface area (Å²) in [4.78, 5) is 7.72. The van der Waals surface area contributed by atoms with Crippen molar-refractivity contribution in [2.75, 3.05) is 0 Å². The molecule has 0 aromatic carbocycles.